The van der Waals surface area contributed by atoms with Gasteiger partial charge in [-0.25, -0.2) is 14.0 Å². The number of carbonyl (C=O) groups is 3. The van der Waals surface area contributed by atoms with E-state index in [1.165, 1.54) is 23.1 Å². The summed E-state index contributed by atoms with van der Waals surface area (Å²) < 4.78 is 13.3. The Hall–Kier alpha value is -4.20. The molecule has 1 heterocycles. The zero-order valence-corrected chi connectivity index (χ0v) is 18.7. The Labute approximate surface area is 196 Å². The Morgan fingerprint density at radius 3 is 2.26 bits per heavy atom. The molecule has 0 unspecified atom stereocenters. The summed E-state index contributed by atoms with van der Waals surface area (Å²) in [6.07, 6.45) is 0. The fraction of sp³-hybridized carbons (Fsp3) is 0.192. The van der Waals surface area contributed by atoms with Crippen molar-refractivity contribution < 1.29 is 23.9 Å². The molecule has 1 aliphatic heterocycles. The number of rotatable bonds is 6. The maximum Gasteiger partial charge on any atom is 0.326 e. The van der Waals surface area contributed by atoms with Crippen LogP contribution in [0.2, 0.25) is 0 Å². The Balaban J connectivity index is 1.46. The summed E-state index contributed by atoms with van der Waals surface area (Å²) in [5.74, 6) is -1.94. The number of halogens is 1. The van der Waals surface area contributed by atoms with E-state index in [9.17, 15) is 23.9 Å². The molecule has 0 radical (unpaired) electrons. The van der Waals surface area contributed by atoms with Crippen LogP contribution in [0.3, 0.4) is 0 Å². The molecule has 174 valence electrons. The second-order valence-corrected chi connectivity index (χ2v) is 8.50. The van der Waals surface area contributed by atoms with E-state index in [1.807, 2.05) is 24.3 Å². The molecule has 0 fully saturated rings. The monoisotopic (exact) mass is 461 g/mol. The van der Waals surface area contributed by atoms with Gasteiger partial charge < -0.3 is 20.6 Å². The van der Waals surface area contributed by atoms with E-state index < -0.39 is 23.9 Å². The highest BCUT2D eigenvalue weighted by Crippen LogP contribution is 2.31. The summed E-state index contributed by atoms with van der Waals surface area (Å²) in [7, 11) is 0. The van der Waals surface area contributed by atoms with Crippen molar-refractivity contribution in [2.75, 3.05) is 10.6 Å². The lowest BCUT2D eigenvalue weighted by Crippen LogP contribution is -2.44. The number of carboxylic acids is 1. The molecule has 0 aromatic heterocycles. The van der Waals surface area contributed by atoms with Gasteiger partial charge in [0.1, 0.15) is 11.9 Å². The molecular weight excluding hydrogens is 437 g/mol. The van der Waals surface area contributed by atoms with Gasteiger partial charge in [-0.2, -0.15) is 0 Å². The van der Waals surface area contributed by atoms with Crippen LogP contribution in [0.25, 0.3) is 11.1 Å². The van der Waals surface area contributed by atoms with Gasteiger partial charge in [-0.05, 0) is 65.1 Å². The van der Waals surface area contributed by atoms with Crippen LogP contribution in [-0.4, -0.2) is 34.0 Å². The van der Waals surface area contributed by atoms with Gasteiger partial charge >= 0.3 is 12.0 Å². The Kier molecular flexibility index (Phi) is 6.32. The van der Waals surface area contributed by atoms with Crippen molar-refractivity contribution in [3.05, 3.63) is 83.7 Å². The van der Waals surface area contributed by atoms with E-state index in [1.54, 1.807) is 38.1 Å². The first kappa shape index (κ1) is 23.0. The van der Waals surface area contributed by atoms with Crippen molar-refractivity contribution in [3.63, 3.8) is 0 Å². The number of amides is 3. The Morgan fingerprint density at radius 1 is 0.941 bits per heavy atom. The highest BCUT2D eigenvalue weighted by atomic mass is 19.1. The van der Waals surface area contributed by atoms with Crippen molar-refractivity contribution >= 4 is 29.3 Å². The lowest BCUT2D eigenvalue weighted by Gasteiger charge is -2.27. The minimum absolute atomic E-state index is 0.214. The van der Waals surface area contributed by atoms with E-state index in [0.717, 1.165) is 16.7 Å². The van der Waals surface area contributed by atoms with E-state index in [0.29, 0.717) is 16.9 Å². The first-order valence-electron chi connectivity index (χ1n) is 10.8. The molecular formula is C26H24FN3O4. The predicted octanol–water partition coefficient (Wildman–Crippen LogP) is 5.20. The zero-order chi connectivity index (χ0) is 24.4. The van der Waals surface area contributed by atoms with E-state index in [2.05, 4.69) is 10.6 Å². The van der Waals surface area contributed by atoms with E-state index in [4.69, 9.17) is 0 Å². The number of fused-ring (bicyclic) bond motifs is 1. The Bertz CT molecular complexity index is 1260. The quantitative estimate of drug-likeness (QED) is 0.470. The second kappa shape index (κ2) is 9.35. The second-order valence-electron chi connectivity index (χ2n) is 8.50. The first-order chi connectivity index (χ1) is 16.2. The summed E-state index contributed by atoms with van der Waals surface area (Å²) in [6, 6.07) is 16.8. The summed E-state index contributed by atoms with van der Waals surface area (Å²) >= 11 is 0. The number of nitrogens with zero attached hydrogens (tertiary/aromatic N) is 1. The lowest BCUT2D eigenvalue weighted by molar-refractivity contribution is -0.144. The minimum atomic E-state index is -1.01. The average molecular weight is 461 g/mol. The van der Waals surface area contributed by atoms with Crippen molar-refractivity contribution in [1.82, 2.24) is 4.90 Å². The van der Waals surface area contributed by atoms with Crippen LogP contribution in [-0.2, 0) is 11.3 Å². The number of anilines is 2. The van der Waals surface area contributed by atoms with Crippen molar-refractivity contribution in [1.29, 1.82) is 0 Å². The molecule has 3 aromatic rings. The Morgan fingerprint density at radius 2 is 1.62 bits per heavy atom. The molecule has 0 spiro atoms. The number of carbonyl (C=O) groups excluding carboxylic acids is 2. The third kappa shape index (κ3) is 4.76. The molecule has 8 heteroatoms. The number of benzene rings is 3. The standard InChI is InChI=1S/C26H24FN3O4/c1-15(2)23(25(32)33)30-14-18-12-17(8-11-22(18)24(30)31)16-6-9-20(10-7-16)28-26(34)29-21-5-3-4-19(27)13-21/h3-13,15,23H,14H2,1-2H3,(H,32,33)(H2,28,29,34)/t23-/m0/s1. The number of hydrogen-bond donors (Lipinski definition) is 3. The first-order valence-corrected chi connectivity index (χ1v) is 10.8. The number of urea groups is 1. The largest absolute Gasteiger partial charge is 0.480 e. The number of carboxylic acid groups (broad SMARTS) is 1. The minimum Gasteiger partial charge on any atom is -0.480 e. The summed E-state index contributed by atoms with van der Waals surface area (Å²) in [5, 5.41) is 14.8. The SMILES string of the molecule is CC(C)[C@@H](C(=O)O)N1Cc2cc(-c3ccc(NC(=O)Nc4cccc(F)c4)cc3)ccc2C1=O. The van der Waals surface area contributed by atoms with Gasteiger partial charge in [0.2, 0.25) is 0 Å². The third-order valence-corrected chi connectivity index (χ3v) is 5.72. The van der Waals surface area contributed by atoms with Crippen LogP contribution in [0.1, 0.15) is 29.8 Å². The molecule has 3 aromatic carbocycles. The zero-order valence-electron chi connectivity index (χ0n) is 18.7. The summed E-state index contributed by atoms with van der Waals surface area (Å²) in [5.41, 5.74) is 3.96. The molecule has 0 bridgehead atoms. The highest BCUT2D eigenvalue weighted by molar-refractivity contribution is 6.01. The predicted molar refractivity (Wildman–Crippen MR) is 127 cm³/mol. The molecule has 7 nitrogen and oxygen atoms in total. The highest BCUT2D eigenvalue weighted by Gasteiger charge is 2.38. The van der Waals surface area contributed by atoms with Crippen LogP contribution in [0.4, 0.5) is 20.6 Å². The van der Waals surface area contributed by atoms with E-state index in [-0.39, 0.29) is 18.4 Å². The normalized spacial score (nSPS) is 13.5. The van der Waals surface area contributed by atoms with Crippen LogP contribution in [0.5, 0.6) is 0 Å². The molecule has 4 rings (SSSR count). The van der Waals surface area contributed by atoms with Gasteiger partial charge in [-0.1, -0.05) is 38.1 Å². The number of nitrogens with one attached hydrogen (secondary N) is 2. The van der Waals surface area contributed by atoms with Crippen LogP contribution in [0.15, 0.2) is 66.7 Å². The maximum absolute atomic E-state index is 13.3. The van der Waals surface area contributed by atoms with Gasteiger partial charge in [0.05, 0.1) is 0 Å². The molecule has 0 saturated carbocycles. The van der Waals surface area contributed by atoms with Crippen LogP contribution in [0, 0.1) is 11.7 Å². The van der Waals surface area contributed by atoms with Crippen LogP contribution >= 0.6 is 0 Å². The topological polar surface area (TPSA) is 98.7 Å². The van der Waals surface area contributed by atoms with Crippen molar-refractivity contribution in [3.8, 4) is 11.1 Å². The molecule has 0 aliphatic carbocycles. The molecule has 3 N–H and O–H groups in total. The summed E-state index contributed by atoms with van der Waals surface area (Å²) in [6.45, 7) is 3.82. The number of hydrogen-bond acceptors (Lipinski definition) is 3. The van der Waals surface area contributed by atoms with Crippen LogP contribution < -0.4 is 10.6 Å². The van der Waals surface area contributed by atoms with Gasteiger partial charge in [-0.3, -0.25) is 4.79 Å². The van der Waals surface area contributed by atoms with Crippen molar-refractivity contribution in [2.45, 2.75) is 26.4 Å². The van der Waals surface area contributed by atoms with E-state index >= 15 is 0 Å². The third-order valence-electron chi connectivity index (χ3n) is 5.72. The molecule has 0 saturated heterocycles. The maximum atomic E-state index is 13.3. The van der Waals surface area contributed by atoms with Gasteiger partial charge in [0, 0.05) is 23.5 Å². The van der Waals surface area contributed by atoms with Gasteiger partial charge in [0.25, 0.3) is 5.91 Å². The van der Waals surface area contributed by atoms with Crippen molar-refractivity contribution in [2.24, 2.45) is 5.92 Å². The lowest BCUT2D eigenvalue weighted by atomic mass is 10.0. The number of aliphatic carboxylic acids is 1. The molecule has 1 aliphatic rings. The van der Waals surface area contributed by atoms with Gasteiger partial charge in [-0.15, -0.1) is 0 Å². The fourth-order valence-electron chi connectivity index (χ4n) is 4.13. The van der Waals surface area contributed by atoms with Gasteiger partial charge in [0.15, 0.2) is 0 Å². The average Bonchev–Trinajstić information content (AvgIpc) is 3.09. The smallest absolute Gasteiger partial charge is 0.326 e. The summed E-state index contributed by atoms with van der Waals surface area (Å²) in [4.78, 5) is 38.1. The molecule has 1 atom stereocenters. The molecule has 3 amide bonds. The fourth-order valence-corrected chi connectivity index (χ4v) is 4.13. The molecule has 34 heavy (non-hydrogen) atoms.